The number of furan rings is 1. The highest BCUT2D eigenvalue weighted by Gasteiger charge is 2.19. The molecule has 0 saturated carbocycles. The standard InChI is InChI=1S/C19H32N4O.HI/c1-3-11-20-19(21-12-10-18-9-7-16-24-18)22-13-15-23-14-6-5-8-17(23)4-2;/h3,7,9,16-17H,1,4-6,8,10-15H2,2H3,(H2,20,21,22);1H. The van der Waals surface area contributed by atoms with Crippen LogP contribution in [0.5, 0.6) is 0 Å². The average molecular weight is 460 g/mol. The molecule has 1 unspecified atom stereocenters. The first-order valence-corrected chi connectivity index (χ1v) is 9.23. The topological polar surface area (TPSA) is 52.8 Å². The highest BCUT2D eigenvalue weighted by molar-refractivity contribution is 14.0. The van der Waals surface area contributed by atoms with E-state index in [4.69, 9.17) is 9.41 Å². The predicted octanol–water partition coefficient (Wildman–Crippen LogP) is 3.43. The molecule has 6 heteroatoms. The van der Waals surface area contributed by atoms with Crippen LogP contribution in [-0.4, -0.2) is 49.6 Å². The molecule has 1 atom stereocenters. The maximum absolute atomic E-state index is 5.36. The fourth-order valence-electron chi connectivity index (χ4n) is 3.21. The molecule has 0 bridgehead atoms. The van der Waals surface area contributed by atoms with Crippen LogP contribution in [0, 0.1) is 0 Å². The zero-order chi connectivity index (χ0) is 17.0. The lowest BCUT2D eigenvalue weighted by molar-refractivity contribution is 0.148. The number of aliphatic imine (C=N–C) groups is 1. The summed E-state index contributed by atoms with van der Waals surface area (Å²) in [6.07, 6.45) is 9.69. The molecule has 0 aliphatic carbocycles. The highest BCUT2D eigenvalue weighted by Crippen LogP contribution is 2.18. The lowest BCUT2D eigenvalue weighted by atomic mass is 10.0. The quantitative estimate of drug-likeness (QED) is 0.257. The molecular formula is C19H33IN4O. The fraction of sp³-hybridized carbons (Fsp3) is 0.632. The van der Waals surface area contributed by atoms with Gasteiger partial charge in [-0.2, -0.15) is 0 Å². The summed E-state index contributed by atoms with van der Waals surface area (Å²) in [5, 5.41) is 6.65. The molecule has 2 heterocycles. The van der Waals surface area contributed by atoms with Crippen molar-refractivity contribution in [3.63, 3.8) is 0 Å². The second kappa shape index (κ2) is 13.2. The summed E-state index contributed by atoms with van der Waals surface area (Å²) >= 11 is 0. The first kappa shape index (κ1) is 22.0. The molecule has 1 aromatic heterocycles. The van der Waals surface area contributed by atoms with Gasteiger partial charge in [0.15, 0.2) is 5.96 Å². The van der Waals surface area contributed by atoms with Crippen LogP contribution in [0.2, 0.25) is 0 Å². The van der Waals surface area contributed by atoms with Crippen molar-refractivity contribution in [1.29, 1.82) is 0 Å². The molecule has 0 spiro atoms. The van der Waals surface area contributed by atoms with Crippen molar-refractivity contribution in [3.8, 4) is 0 Å². The van der Waals surface area contributed by atoms with Gasteiger partial charge in [0.1, 0.15) is 5.76 Å². The van der Waals surface area contributed by atoms with Crippen molar-refractivity contribution in [2.24, 2.45) is 4.99 Å². The largest absolute Gasteiger partial charge is 0.469 e. The average Bonchev–Trinajstić information content (AvgIpc) is 3.13. The van der Waals surface area contributed by atoms with Crippen LogP contribution in [0.3, 0.4) is 0 Å². The minimum absolute atomic E-state index is 0. The Labute approximate surface area is 169 Å². The van der Waals surface area contributed by atoms with E-state index in [1.54, 1.807) is 6.26 Å². The highest BCUT2D eigenvalue weighted by atomic mass is 127. The molecular weight excluding hydrogens is 427 g/mol. The molecule has 0 aromatic carbocycles. The normalized spacial score (nSPS) is 18.4. The molecule has 1 saturated heterocycles. The molecule has 0 radical (unpaired) electrons. The third kappa shape index (κ3) is 8.27. The lowest BCUT2D eigenvalue weighted by Crippen LogP contribution is -2.42. The van der Waals surface area contributed by atoms with Gasteiger partial charge in [0.05, 0.1) is 12.8 Å². The van der Waals surface area contributed by atoms with E-state index >= 15 is 0 Å². The first-order chi connectivity index (χ1) is 11.8. The summed E-state index contributed by atoms with van der Waals surface area (Å²) in [6, 6.07) is 4.66. The molecule has 5 nitrogen and oxygen atoms in total. The lowest BCUT2D eigenvalue weighted by Gasteiger charge is -2.34. The predicted molar refractivity (Wildman–Crippen MR) is 116 cm³/mol. The van der Waals surface area contributed by atoms with Crippen LogP contribution in [0.25, 0.3) is 0 Å². The van der Waals surface area contributed by atoms with Gasteiger partial charge in [0, 0.05) is 32.1 Å². The number of halogens is 1. The minimum atomic E-state index is 0. The second-order valence-corrected chi connectivity index (χ2v) is 6.25. The van der Waals surface area contributed by atoms with Crippen LogP contribution in [0.1, 0.15) is 38.4 Å². The van der Waals surface area contributed by atoms with Crippen molar-refractivity contribution in [2.75, 3.05) is 32.7 Å². The van der Waals surface area contributed by atoms with E-state index in [1.165, 1.54) is 32.2 Å². The number of rotatable bonds is 9. The van der Waals surface area contributed by atoms with E-state index in [-0.39, 0.29) is 24.0 Å². The summed E-state index contributed by atoms with van der Waals surface area (Å²) < 4.78 is 5.36. The molecule has 1 aliphatic heterocycles. The van der Waals surface area contributed by atoms with Crippen LogP contribution >= 0.6 is 24.0 Å². The van der Waals surface area contributed by atoms with E-state index in [0.29, 0.717) is 6.54 Å². The molecule has 0 amide bonds. The molecule has 142 valence electrons. The summed E-state index contributed by atoms with van der Waals surface area (Å²) in [5.74, 6) is 1.84. The Kier molecular flexibility index (Phi) is 11.6. The molecule has 2 N–H and O–H groups in total. The molecule has 1 aromatic rings. The van der Waals surface area contributed by atoms with Crippen LogP contribution < -0.4 is 10.6 Å². The SMILES string of the molecule is C=CCNC(=NCCN1CCCCC1CC)NCCc1ccco1.I. The van der Waals surface area contributed by atoms with E-state index in [9.17, 15) is 0 Å². The van der Waals surface area contributed by atoms with Gasteiger partial charge in [0.2, 0.25) is 0 Å². The Morgan fingerprint density at radius 3 is 3.04 bits per heavy atom. The monoisotopic (exact) mass is 460 g/mol. The molecule has 1 fully saturated rings. The van der Waals surface area contributed by atoms with E-state index in [2.05, 4.69) is 29.0 Å². The Bertz CT molecular complexity index is 490. The zero-order valence-electron chi connectivity index (χ0n) is 15.4. The van der Waals surface area contributed by atoms with Gasteiger partial charge < -0.3 is 15.1 Å². The van der Waals surface area contributed by atoms with E-state index in [0.717, 1.165) is 43.8 Å². The fourth-order valence-corrected chi connectivity index (χ4v) is 3.21. The van der Waals surface area contributed by atoms with Crippen molar-refractivity contribution >= 4 is 29.9 Å². The van der Waals surface area contributed by atoms with Gasteiger partial charge in [-0.05, 0) is 37.9 Å². The van der Waals surface area contributed by atoms with Crippen molar-refractivity contribution in [2.45, 2.75) is 45.1 Å². The van der Waals surface area contributed by atoms with Gasteiger partial charge in [-0.25, -0.2) is 0 Å². The number of piperidine rings is 1. The first-order valence-electron chi connectivity index (χ1n) is 9.23. The van der Waals surface area contributed by atoms with E-state index < -0.39 is 0 Å². The molecule has 25 heavy (non-hydrogen) atoms. The third-order valence-electron chi connectivity index (χ3n) is 4.54. The van der Waals surface area contributed by atoms with E-state index in [1.807, 2.05) is 18.2 Å². The van der Waals surface area contributed by atoms with Crippen LogP contribution in [0.4, 0.5) is 0 Å². The van der Waals surface area contributed by atoms with Gasteiger partial charge >= 0.3 is 0 Å². The number of hydrogen-bond donors (Lipinski definition) is 2. The molecule has 1 aliphatic rings. The summed E-state index contributed by atoms with van der Waals surface area (Å²) in [5.41, 5.74) is 0. The number of guanidine groups is 1. The van der Waals surface area contributed by atoms with Crippen LogP contribution in [0.15, 0.2) is 40.5 Å². The number of hydrogen-bond acceptors (Lipinski definition) is 3. The van der Waals surface area contributed by atoms with Gasteiger partial charge in [-0.1, -0.05) is 19.4 Å². The van der Waals surface area contributed by atoms with Crippen molar-refractivity contribution in [3.05, 3.63) is 36.8 Å². The third-order valence-corrected chi connectivity index (χ3v) is 4.54. The van der Waals surface area contributed by atoms with Crippen molar-refractivity contribution < 1.29 is 4.42 Å². The summed E-state index contributed by atoms with van der Waals surface area (Å²) in [6.45, 7) is 10.7. The zero-order valence-corrected chi connectivity index (χ0v) is 17.7. The van der Waals surface area contributed by atoms with Gasteiger partial charge in [0.25, 0.3) is 0 Å². The Morgan fingerprint density at radius 1 is 1.44 bits per heavy atom. The number of likely N-dealkylation sites (tertiary alicyclic amines) is 1. The van der Waals surface area contributed by atoms with Gasteiger partial charge in [-0.3, -0.25) is 9.89 Å². The van der Waals surface area contributed by atoms with Gasteiger partial charge in [-0.15, -0.1) is 30.6 Å². The summed E-state index contributed by atoms with van der Waals surface area (Å²) in [4.78, 5) is 7.32. The van der Waals surface area contributed by atoms with Crippen molar-refractivity contribution in [1.82, 2.24) is 15.5 Å². The second-order valence-electron chi connectivity index (χ2n) is 6.25. The Balaban J connectivity index is 0.00000312. The maximum atomic E-state index is 5.36. The minimum Gasteiger partial charge on any atom is -0.469 e. The number of nitrogens with one attached hydrogen (secondary N) is 2. The summed E-state index contributed by atoms with van der Waals surface area (Å²) in [7, 11) is 0. The number of nitrogens with zero attached hydrogens (tertiary/aromatic N) is 2. The van der Waals surface area contributed by atoms with Crippen LogP contribution in [-0.2, 0) is 6.42 Å². The Morgan fingerprint density at radius 2 is 2.32 bits per heavy atom. The Hall–Kier alpha value is -1.02. The maximum Gasteiger partial charge on any atom is 0.191 e. The molecule has 2 rings (SSSR count). The smallest absolute Gasteiger partial charge is 0.191 e.